The number of hydrogen-bond donors (Lipinski definition) is 4. The topological polar surface area (TPSA) is 108 Å². The summed E-state index contributed by atoms with van der Waals surface area (Å²) in [6, 6.07) is 12.2. The largest absolute Gasteiger partial charge is 0.391 e. The van der Waals surface area contributed by atoms with E-state index in [-0.39, 0.29) is 17.4 Å². The lowest BCUT2D eigenvalue weighted by molar-refractivity contribution is 0.0881. The molecule has 178 valence electrons. The molecule has 1 aliphatic rings. The van der Waals surface area contributed by atoms with E-state index in [9.17, 15) is 19.1 Å². The minimum Gasteiger partial charge on any atom is -0.391 e. The Balaban J connectivity index is 1.66. The van der Waals surface area contributed by atoms with Crippen molar-refractivity contribution < 1.29 is 19.1 Å². The summed E-state index contributed by atoms with van der Waals surface area (Å²) in [4.78, 5) is 25.4. The van der Waals surface area contributed by atoms with Crippen molar-refractivity contribution in [2.75, 3.05) is 12.4 Å². The van der Waals surface area contributed by atoms with E-state index in [1.165, 1.54) is 23.9 Å². The van der Waals surface area contributed by atoms with Gasteiger partial charge in [-0.25, -0.2) is 13.9 Å². The van der Waals surface area contributed by atoms with E-state index < -0.39 is 23.6 Å². The van der Waals surface area contributed by atoms with E-state index in [1.807, 2.05) is 32.0 Å². The van der Waals surface area contributed by atoms with Crippen LogP contribution in [0.1, 0.15) is 53.5 Å². The first-order valence-corrected chi connectivity index (χ1v) is 11.0. The molecule has 3 aromatic rings. The Bertz CT molecular complexity index is 1240. The second-order valence-corrected chi connectivity index (χ2v) is 9.11. The zero-order chi connectivity index (χ0) is 24.6. The number of para-hydroxylation sites is 1. The molecule has 4 N–H and O–H groups in total. The molecule has 0 bridgehead atoms. The minimum absolute atomic E-state index is 0.182. The van der Waals surface area contributed by atoms with E-state index in [0.717, 1.165) is 5.56 Å². The van der Waals surface area contributed by atoms with Crippen LogP contribution in [0.15, 0.2) is 48.5 Å². The summed E-state index contributed by atoms with van der Waals surface area (Å²) in [6.45, 7) is 5.57. The number of urea groups is 1. The molecule has 3 amide bonds. The minimum atomic E-state index is -0.861. The van der Waals surface area contributed by atoms with Gasteiger partial charge in [-0.3, -0.25) is 10.1 Å². The molecule has 9 heteroatoms. The Morgan fingerprint density at radius 3 is 2.56 bits per heavy atom. The lowest BCUT2D eigenvalue weighted by atomic mass is 9.69. The number of anilines is 1. The molecule has 1 aromatic heterocycles. The fraction of sp³-hybridized carbons (Fsp3) is 0.320. The van der Waals surface area contributed by atoms with Gasteiger partial charge in [0.1, 0.15) is 11.6 Å². The molecule has 0 saturated heterocycles. The van der Waals surface area contributed by atoms with Crippen LogP contribution in [-0.4, -0.2) is 40.0 Å². The number of aromatic nitrogens is 2. The van der Waals surface area contributed by atoms with Crippen molar-refractivity contribution >= 4 is 17.8 Å². The molecular formula is C25H28FN5O3. The second kappa shape index (κ2) is 8.90. The van der Waals surface area contributed by atoms with Crippen molar-refractivity contribution in [1.82, 2.24) is 20.4 Å². The summed E-state index contributed by atoms with van der Waals surface area (Å²) >= 11 is 0. The first-order valence-electron chi connectivity index (χ1n) is 11.0. The van der Waals surface area contributed by atoms with Gasteiger partial charge in [0.15, 0.2) is 5.69 Å². The SMILES string of the molecule is CNC(=O)c1nn(-c2ccccc2)c(NC(=O)N[C@@H]2c3ccc(F)cc3C(C)(C)C[C@H]2O)c1C. The summed E-state index contributed by atoms with van der Waals surface area (Å²) in [7, 11) is 1.51. The van der Waals surface area contributed by atoms with Gasteiger partial charge in [-0.1, -0.05) is 38.1 Å². The third-order valence-corrected chi connectivity index (χ3v) is 6.27. The van der Waals surface area contributed by atoms with Gasteiger partial charge in [-0.15, -0.1) is 0 Å². The van der Waals surface area contributed by atoms with Crippen molar-refractivity contribution in [2.24, 2.45) is 0 Å². The number of hydrogen-bond acceptors (Lipinski definition) is 4. The quantitative estimate of drug-likeness (QED) is 0.472. The number of halogens is 1. The third-order valence-electron chi connectivity index (χ3n) is 6.27. The molecule has 0 fully saturated rings. The molecule has 0 unspecified atom stereocenters. The van der Waals surface area contributed by atoms with Crippen molar-refractivity contribution in [3.8, 4) is 5.69 Å². The van der Waals surface area contributed by atoms with Crippen LogP contribution >= 0.6 is 0 Å². The summed E-state index contributed by atoms with van der Waals surface area (Å²) < 4.78 is 15.4. The molecule has 1 aliphatic carbocycles. The van der Waals surface area contributed by atoms with Crippen LogP contribution in [0.3, 0.4) is 0 Å². The monoisotopic (exact) mass is 465 g/mol. The van der Waals surface area contributed by atoms with Crippen molar-refractivity contribution in [1.29, 1.82) is 0 Å². The Kier molecular flexibility index (Phi) is 6.14. The molecule has 4 rings (SSSR count). The molecular weight excluding hydrogens is 437 g/mol. The predicted molar refractivity (Wildman–Crippen MR) is 127 cm³/mol. The summed E-state index contributed by atoms with van der Waals surface area (Å²) in [5.41, 5.74) is 2.30. The molecule has 0 spiro atoms. The summed E-state index contributed by atoms with van der Waals surface area (Å²) in [5, 5.41) is 23.4. The molecule has 0 aliphatic heterocycles. The van der Waals surface area contributed by atoms with Crippen LogP contribution in [0.25, 0.3) is 5.69 Å². The van der Waals surface area contributed by atoms with Gasteiger partial charge in [0, 0.05) is 12.6 Å². The standard InChI is InChI=1S/C25H28FN5O3/c1-14-20(23(33)27-4)30-31(16-8-6-5-7-9-16)22(14)29-24(34)28-21-17-11-10-15(26)12-18(17)25(2,3)13-19(21)32/h5-12,19,21,32H,13H2,1-4H3,(H,27,33)(H2,28,29,34)/t19-,21-/m1/s1. The van der Waals surface area contributed by atoms with Gasteiger partial charge in [-0.2, -0.15) is 5.10 Å². The van der Waals surface area contributed by atoms with Crippen LogP contribution in [0.2, 0.25) is 0 Å². The number of rotatable bonds is 4. The van der Waals surface area contributed by atoms with E-state index >= 15 is 0 Å². The van der Waals surface area contributed by atoms with Crippen LogP contribution in [0, 0.1) is 12.7 Å². The zero-order valence-electron chi connectivity index (χ0n) is 19.5. The number of aliphatic hydroxyl groups is 1. The highest BCUT2D eigenvalue weighted by atomic mass is 19.1. The lowest BCUT2D eigenvalue weighted by Crippen LogP contribution is -2.45. The number of amides is 3. The van der Waals surface area contributed by atoms with Gasteiger partial charge >= 0.3 is 6.03 Å². The van der Waals surface area contributed by atoms with Gasteiger partial charge in [0.05, 0.1) is 17.8 Å². The fourth-order valence-corrected chi connectivity index (χ4v) is 4.54. The predicted octanol–water partition coefficient (Wildman–Crippen LogP) is 3.58. The van der Waals surface area contributed by atoms with Gasteiger partial charge in [0.25, 0.3) is 5.91 Å². The normalized spacial score (nSPS) is 18.6. The smallest absolute Gasteiger partial charge is 0.320 e. The van der Waals surface area contributed by atoms with E-state index in [0.29, 0.717) is 29.1 Å². The highest BCUT2D eigenvalue weighted by Gasteiger charge is 2.39. The Morgan fingerprint density at radius 1 is 1.18 bits per heavy atom. The Hall–Kier alpha value is -3.72. The average Bonchev–Trinajstić information content (AvgIpc) is 3.12. The van der Waals surface area contributed by atoms with E-state index in [2.05, 4.69) is 21.0 Å². The Labute approximate surface area is 197 Å². The number of nitrogens with zero attached hydrogens (tertiary/aromatic N) is 2. The maximum atomic E-state index is 14.0. The van der Waals surface area contributed by atoms with E-state index in [1.54, 1.807) is 25.1 Å². The summed E-state index contributed by atoms with van der Waals surface area (Å²) in [6.07, 6.45) is -0.504. The number of carbonyl (C=O) groups excluding carboxylic acids is 2. The average molecular weight is 466 g/mol. The van der Waals surface area contributed by atoms with Crippen molar-refractivity contribution in [3.05, 3.63) is 76.7 Å². The summed E-state index contributed by atoms with van der Waals surface area (Å²) in [5.74, 6) is -0.417. The van der Waals surface area contributed by atoms with Crippen LogP contribution in [-0.2, 0) is 5.41 Å². The number of benzene rings is 2. The van der Waals surface area contributed by atoms with Gasteiger partial charge in [-0.05, 0) is 54.2 Å². The number of fused-ring (bicyclic) bond motifs is 1. The maximum Gasteiger partial charge on any atom is 0.320 e. The maximum absolute atomic E-state index is 14.0. The molecule has 34 heavy (non-hydrogen) atoms. The number of carbonyl (C=O) groups is 2. The third kappa shape index (κ3) is 4.26. The zero-order valence-corrected chi connectivity index (χ0v) is 19.5. The first kappa shape index (κ1) is 23.4. The molecule has 0 radical (unpaired) electrons. The van der Waals surface area contributed by atoms with Gasteiger partial charge < -0.3 is 15.7 Å². The number of nitrogens with one attached hydrogen (secondary N) is 3. The first-order chi connectivity index (χ1) is 16.1. The van der Waals surface area contributed by atoms with Crippen molar-refractivity contribution in [2.45, 2.75) is 44.8 Å². The second-order valence-electron chi connectivity index (χ2n) is 9.11. The van der Waals surface area contributed by atoms with Gasteiger partial charge in [0.2, 0.25) is 0 Å². The van der Waals surface area contributed by atoms with Crippen LogP contribution in [0.5, 0.6) is 0 Å². The lowest BCUT2D eigenvalue weighted by Gasteiger charge is -2.40. The number of aliphatic hydroxyl groups excluding tert-OH is 1. The molecule has 1 heterocycles. The molecule has 2 aromatic carbocycles. The Morgan fingerprint density at radius 2 is 1.88 bits per heavy atom. The van der Waals surface area contributed by atoms with Crippen LogP contribution < -0.4 is 16.0 Å². The van der Waals surface area contributed by atoms with E-state index in [4.69, 9.17) is 0 Å². The highest BCUT2D eigenvalue weighted by molar-refractivity contribution is 5.97. The fourth-order valence-electron chi connectivity index (χ4n) is 4.54. The molecule has 0 saturated carbocycles. The van der Waals surface area contributed by atoms with Crippen LogP contribution in [0.4, 0.5) is 15.0 Å². The highest BCUT2D eigenvalue weighted by Crippen LogP contribution is 2.42. The molecule has 2 atom stereocenters. The molecule has 8 nitrogen and oxygen atoms in total. The van der Waals surface area contributed by atoms with Crippen molar-refractivity contribution in [3.63, 3.8) is 0 Å².